The number of ether oxygens (including phenoxy) is 1. The van der Waals surface area contributed by atoms with Crippen molar-refractivity contribution in [3.8, 4) is 5.75 Å². The number of pyridine rings is 1. The number of hydrogen-bond acceptors (Lipinski definition) is 4. The summed E-state index contributed by atoms with van der Waals surface area (Å²) in [4.78, 5) is 19.4. The predicted molar refractivity (Wildman–Crippen MR) is 145 cm³/mol. The Morgan fingerprint density at radius 3 is 2.73 bits per heavy atom. The van der Waals surface area contributed by atoms with Crippen molar-refractivity contribution < 1.29 is 27.1 Å². The summed E-state index contributed by atoms with van der Waals surface area (Å²) < 4.78 is 56.9. The van der Waals surface area contributed by atoms with E-state index in [1.165, 1.54) is 0 Å². The van der Waals surface area contributed by atoms with Gasteiger partial charge in [0.15, 0.2) is 0 Å². The van der Waals surface area contributed by atoms with Crippen LogP contribution in [0, 0.1) is 5.82 Å². The average Bonchev–Trinajstić information content (AvgIpc) is 3.19. The first kappa shape index (κ1) is 27.9. The molecule has 0 atom stereocenters. The third-order valence-electron chi connectivity index (χ3n) is 6.43. The number of rotatable bonds is 6. The quantitative estimate of drug-likeness (QED) is 0.190. The van der Waals surface area contributed by atoms with Gasteiger partial charge in [-0.2, -0.15) is 0 Å². The molecule has 40 heavy (non-hydrogen) atoms. The highest BCUT2D eigenvalue weighted by molar-refractivity contribution is 6.31. The molecule has 2 aromatic carbocycles. The number of fused-ring (bicyclic) bond motifs is 3. The molecule has 0 unspecified atom stereocenters. The molecule has 1 amide bonds. The molecule has 0 spiro atoms. The standard InChI is InChI=1S/C28H22Cl2F4N4O2/c29-19-3-4-24-22(13-19)23-16-37(8-1-2-17-10-20(31)14-21(11-17)40-28(32,33)34)9-6-25(23)38(24)27(39)36-15-18-5-7-35-26(30)12-18/h1-5,7,10-14H,6,8-9,15-16H2,(H,36,39)/b2-1+. The van der Waals surface area contributed by atoms with Crippen LogP contribution in [0.15, 0.2) is 60.8 Å². The average molecular weight is 593 g/mol. The van der Waals surface area contributed by atoms with E-state index in [4.69, 9.17) is 23.2 Å². The van der Waals surface area contributed by atoms with Gasteiger partial charge in [0.1, 0.15) is 16.7 Å². The number of aromatic nitrogens is 2. The van der Waals surface area contributed by atoms with Crippen LogP contribution in [0.4, 0.5) is 22.4 Å². The highest BCUT2D eigenvalue weighted by Crippen LogP contribution is 2.33. The van der Waals surface area contributed by atoms with Crippen molar-refractivity contribution in [2.75, 3.05) is 13.1 Å². The lowest BCUT2D eigenvalue weighted by Gasteiger charge is -2.27. The number of nitrogens with one attached hydrogen (secondary N) is 1. The summed E-state index contributed by atoms with van der Waals surface area (Å²) in [6.45, 7) is 1.87. The second-order valence-corrected chi connectivity index (χ2v) is 10.0. The van der Waals surface area contributed by atoms with Crippen molar-refractivity contribution >= 4 is 46.2 Å². The molecule has 0 saturated heterocycles. The summed E-state index contributed by atoms with van der Waals surface area (Å²) in [6.07, 6.45) is 0.529. The normalized spacial score (nSPS) is 14.1. The Bertz CT molecular complexity index is 1600. The van der Waals surface area contributed by atoms with Crippen molar-refractivity contribution in [1.29, 1.82) is 0 Å². The highest BCUT2D eigenvalue weighted by Gasteiger charge is 2.31. The second-order valence-electron chi connectivity index (χ2n) is 9.22. The van der Waals surface area contributed by atoms with Crippen molar-refractivity contribution in [2.45, 2.75) is 25.9 Å². The lowest BCUT2D eigenvalue weighted by molar-refractivity contribution is -0.274. The Morgan fingerprint density at radius 2 is 1.95 bits per heavy atom. The van der Waals surface area contributed by atoms with Crippen LogP contribution in [0.2, 0.25) is 10.2 Å². The summed E-state index contributed by atoms with van der Waals surface area (Å²) >= 11 is 12.3. The molecular formula is C28H22Cl2F4N4O2. The maximum Gasteiger partial charge on any atom is 0.573 e. The lowest BCUT2D eigenvalue weighted by Crippen LogP contribution is -2.34. The number of benzene rings is 2. The summed E-state index contributed by atoms with van der Waals surface area (Å²) in [5.41, 5.74) is 3.63. The maximum absolute atomic E-state index is 13.8. The Balaban J connectivity index is 1.33. The molecule has 3 heterocycles. The van der Waals surface area contributed by atoms with Crippen molar-refractivity contribution in [2.24, 2.45) is 0 Å². The number of hydrogen-bond donors (Lipinski definition) is 1. The molecule has 1 aliphatic heterocycles. The van der Waals surface area contributed by atoms with E-state index in [1.54, 1.807) is 41.1 Å². The Kier molecular flexibility index (Phi) is 8.02. The molecule has 1 N–H and O–H groups in total. The first-order valence-electron chi connectivity index (χ1n) is 12.2. The predicted octanol–water partition coefficient (Wildman–Crippen LogP) is 7.21. The number of nitrogens with zero attached hydrogens (tertiary/aromatic N) is 3. The smallest absolute Gasteiger partial charge is 0.406 e. The maximum atomic E-state index is 13.8. The molecule has 5 rings (SSSR count). The minimum atomic E-state index is -4.91. The van der Waals surface area contributed by atoms with E-state index >= 15 is 0 Å². The summed E-state index contributed by atoms with van der Waals surface area (Å²) in [5, 5.41) is 4.68. The van der Waals surface area contributed by atoms with E-state index in [0.717, 1.165) is 39.9 Å². The molecule has 1 aliphatic rings. The fourth-order valence-electron chi connectivity index (χ4n) is 4.79. The van der Waals surface area contributed by atoms with Crippen molar-refractivity contribution in [3.63, 3.8) is 0 Å². The van der Waals surface area contributed by atoms with Crippen LogP contribution in [-0.2, 0) is 19.5 Å². The third-order valence-corrected chi connectivity index (χ3v) is 6.87. The zero-order chi connectivity index (χ0) is 28.4. The van der Waals surface area contributed by atoms with E-state index in [0.29, 0.717) is 42.3 Å². The number of amides is 1. The molecule has 2 aromatic heterocycles. The van der Waals surface area contributed by atoms with E-state index in [-0.39, 0.29) is 18.1 Å². The van der Waals surface area contributed by atoms with E-state index < -0.39 is 17.9 Å². The topological polar surface area (TPSA) is 59.4 Å². The zero-order valence-electron chi connectivity index (χ0n) is 20.8. The van der Waals surface area contributed by atoms with Gasteiger partial charge < -0.3 is 10.1 Å². The van der Waals surface area contributed by atoms with Gasteiger partial charge in [-0.3, -0.25) is 9.47 Å². The van der Waals surface area contributed by atoms with Gasteiger partial charge in [0.2, 0.25) is 0 Å². The van der Waals surface area contributed by atoms with Crippen LogP contribution in [0.5, 0.6) is 5.75 Å². The van der Waals surface area contributed by atoms with Gasteiger partial charge in [-0.1, -0.05) is 35.4 Å². The molecule has 0 fully saturated rings. The number of halogens is 6. The van der Waals surface area contributed by atoms with Crippen LogP contribution in [0.25, 0.3) is 17.0 Å². The van der Waals surface area contributed by atoms with E-state index in [2.05, 4.69) is 19.9 Å². The Labute approximate surface area is 236 Å². The molecule has 208 valence electrons. The van der Waals surface area contributed by atoms with Gasteiger partial charge in [0.05, 0.1) is 5.52 Å². The Morgan fingerprint density at radius 1 is 1.12 bits per heavy atom. The molecule has 0 bridgehead atoms. The number of alkyl halides is 3. The minimum absolute atomic E-state index is 0.243. The summed E-state index contributed by atoms with van der Waals surface area (Å²) in [5.74, 6) is -1.45. The molecule has 0 radical (unpaired) electrons. The van der Waals surface area contributed by atoms with Crippen LogP contribution in [0.1, 0.15) is 22.4 Å². The molecular weight excluding hydrogens is 571 g/mol. The van der Waals surface area contributed by atoms with Crippen LogP contribution >= 0.6 is 23.2 Å². The molecule has 0 saturated carbocycles. The summed E-state index contributed by atoms with van der Waals surface area (Å²) in [6, 6.07) is 11.5. The van der Waals surface area contributed by atoms with Gasteiger partial charge in [-0.05, 0) is 59.2 Å². The van der Waals surface area contributed by atoms with Crippen LogP contribution in [-0.4, -0.2) is 39.9 Å². The van der Waals surface area contributed by atoms with E-state index in [9.17, 15) is 22.4 Å². The first-order chi connectivity index (χ1) is 19.1. The molecule has 0 aliphatic carbocycles. The second kappa shape index (κ2) is 11.5. The minimum Gasteiger partial charge on any atom is -0.406 e. The number of carbonyl (C=O) groups excluding carboxylic acids is 1. The number of carbonyl (C=O) groups is 1. The van der Waals surface area contributed by atoms with Gasteiger partial charge >= 0.3 is 12.4 Å². The highest BCUT2D eigenvalue weighted by atomic mass is 35.5. The molecule has 12 heteroatoms. The van der Waals surface area contributed by atoms with Gasteiger partial charge in [0, 0.05) is 61.0 Å². The zero-order valence-corrected chi connectivity index (χ0v) is 22.3. The van der Waals surface area contributed by atoms with Crippen LogP contribution in [0.3, 0.4) is 0 Å². The van der Waals surface area contributed by atoms with Crippen molar-refractivity contribution in [3.05, 3.63) is 99.2 Å². The molecule has 4 aromatic rings. The fourth-order valence-corrected chi connectivity index (χ4v) is 5.16. The molecule has 6 nitrogen and oxygen atoms in total. The van der Waals surface area contributed by atoms with Crippen LogP contribution < -0.4 is 10.1 Å². The van der Waals surface area contributed by atoms with Gasteiger partial charge in [-0.25, -0.2) is 14.2 Å². The van der Waals surface area contributed by atoms with Gasteiger partial charge in [0.25, 0.3) is 0 Å². The summed E-state index contributed by atoms with van der Waals surface area (Å²) in [7, 11) is 0. The monoisotopic (exact) mass is 592 g/mol. The van der Waals surface area contributed by atoms with Crippen molar-refractivity contribution in [1.82, 2.24) is 19.8 Å². The Hall–Kier alpha value is -3.60. The third kappa shape index (κ3) is 6.57. The van der Waals surface area contributed by atoms with Gasteiger partial charge in [-0.15, -0.1) is 13.2 Å². The SMILES string of the molecule is O=C(NCc1ccnc(Cl)c1)n1c2c(c3cc(Cl)ccc31)CN(C/C=C/c1cc(F)cc(OC(F)(F)F)c1)CC2. The fraction of sp³-hybridized carbons (Fsp3) is 0.214. The first-order valence-corrected chi connectivity index (χ1v) is 13.0. The lowest BCUT2D eigenvalue weighted by atomic mass is 10.0. The largest absolute Gasteiger partial charge is 0.573 e. The van der Waals surface area contributed by atoms with E-state index in [1.807, 2.05) is 12.1 Å².